The SMILES string of the molecule is CC1CCCCC1NC(=O)c1cc(=O)[nH]c2ccc(S(=O)(=O)N3CCCC3)cc12. The quantitative estimate of drug-likeness (QED) is 0.799. The molecule has 2 heterocycles. The zero-order valence-corrected chi connectivity index (χ0v) is 17.4. The molecule has 2 fully saturated rings. The molecule has 8 heteroatoms. The van der Waals surface area contributed by atoms with Crippen molar-refractivity contribution in [1.82, 2.24) is 14.6 Å². The number of carbonyl (C=O) groups excluding carboxylic acids is 1. The van der Waals surface area contributed by atoms with E-state index in [9.17, 15) is 18.0 Å². The number of carbonyl (C=O) groups is 1. The normalized spacial score (nSPS) is 23.3. The van der Waals surface area contributed by atoms with E-state index in [4.69, 9.17) is 0 Å². The second-order valence-electron chi connectivity index (χ2n) is 8.21. The number of sulfonamides is 1. The van der Waals surface area contributed by atoms with Crippen LogP contribution < -0.4 is 10.9 Å². The van der Waals surface area contributed by atoms with E-state index in [1.54, 1.807) is 6.07 Å². The van der Waals surface area contributed by atoms with Crippen molar-refractivity contribution in [3.8, 4) is 0 Å². The monoisotopic (exact) mass is 417 g/mol. The molecule has 2 unspecified atom stereocenters. The van der Waals surface area contributed by atoms with Crippen LogP contribution in [0.4, 0.5) is 0 Å². The summed E-state index contributed by atoms with van der Waals surface area (Å²) >= 11 is 0. The van der Waals surface area contributed by atoms with E-state index in [1.165, 1.54) is 28.9 Å². The van der Waals surface area contributed by atoms with Gasteiger partial charge >= 0.3 is 0 Å². The molecule has 1 aliphatic carbocycles. The van der Waals surface area contributed by atoms with Gasteiger partial charge in [-0.2, -0.15) is 4.31 Å². The van der Waals surface area contributed by atoms with E-state index in [-0.39, 0.29) is 28.0 Å². The summed E-state index contributed by atoms with van der Waals surface area (Å²) in [6.45, 7) is 3.15. The molecule has 1 aromatic heterocycles. The van der Waals surface area contributed by atoms with Gasteiger partial charge in [-0.25, -0.2) is 8.42 Å². The molecule has 1 saturated heterocycles. The van der Waals surface area contributed by atoms with Gasteiger partial charge < -0.3 is 10.3 Å². The number of nitrogens with one attached hydrogen (secondary N) is 2. The Morgan fingerprint density at radius 3 is 2.55 bits per heavy atom. The summed E-state index contributed by atoms with van der Waals surface area (Å²) in [5.74, 6) is 0.0580. The highest BCUT2D eigenvalue weighted by molar-refractivity contribution is 7.89. The molecule has 1 aromatic carbocycles. The fraction of sp³-hybridized carbons (Fsp3) is 0.524. The zero-order chi connectivity index (χ0) is 20.6. The lowest BCUT2D eigenvalue weighted by molar-refractivity contribution is 0.0911. The number of rotatable bonds is 4. The summed E-state index contributed by atoms with van der Waals surface area (Å²) in [7, 11) is -3.61. The van der Waals surface area contributed by atoms with Crippen LogP contribution in [0.5, 0.6) is 0 Å². The van der Waals surface area contributed by atoms with Crippen molar-refractivity contribution in [1.29, 1.82) is 0 Å². The molecule has 2 aromatic rings. The molecule has 7 nitrogen and oxygen atoms in total. The van der Waals surface area contributed by atoms with Crippen molar-refractivity contribution in [2.24, 2.45) is 5.92 Å². The molecule has 29 heavy (non-hydrogen) atoms. The fourth-order valence-corrected chi connectivity index (χ4v) is 5.98. The lowest BCUT2D eigenvalue weighted by Crippen LogP contribution is -2.41. The Morgan fingerprint density at radius 2 is 1.83 bits per heavy atom. The molecule has 0 radical (unpaired) electrons. The van der Waals surface area contributed by atoms with Gasteiger partial charge in [0.15, 0.2) is 0 Å². The van der Waals surface area contributed by atoms with Gasteiger partial charge in [0, 0.05) is 36.1 Å². The number of H-pyrrole nitrogens is 1. The summed E-state index contributed by atoms with van der Waals surface area (Å²) in [6, 6.07) is 5.91. The molecular formula is C21H27N3O4S. The van der Waals surface area contributed by atoms with E-state index >= 15 is 0 Å². The van der Waals surface area contributed by atoms with Gasteiger partial charge in [0.2, 0.25) is 15.6 Å². The third-order valence-corrected chi connectivity index (χ3v) is 8.08. The van der Waals surface area contributed by atoms with Gasteiger partial charge in [-0.15, -0.1) is 0 Å². The number of hydrogen-bond acceptors (Lipinski definition) is 4. The third kappa shape index (κ3) is 3.96. The number of amides is 1. The van der Waals surface area contributed by atoms with Crippen LogP contribution in [0.1, 0.15) is 55.8 Å². The van der Waals surface area contributed by atoms with Crippen molar-refractivity contribution in [3.05, 3.63) is 40.2 Å². The average molecular weight is 418 g/mol. The largest absolute Gasteiger partial charge is 0.349 e. The Kier molecular flexibility index (Phi) is 5.48. The van der Waals surface area contributed by atoms with Crippen LogP contribution in [0.3, 0.4) is 0 Å². The molecule has 4 rings (SSSR count). The zero-order valence-electron chi connectivity index (χ0n) is 16.6. The molecular weight excluding hydrogens is 390 g/mol. The first kappa shape index (κ1) is 20.1. The molecule has 1 saturated carbocycles. The third-order valence-electron chi connectivity index (χ3n) is 6.19. The fourth-order valence-electron chi connectivity index (χ4n) is 4.44. The molecule has 0 bridgehead atoms. The Balaban J connectivity index is 1.73. The minimum absolute atomic E-state index is 0.0714. The van der Waals surface area contributed by atoms with Crippen LogP contribution in [0.2, 0.25) is 0 Å². The van der Waals surface area contributed by atoms with Gasteiger partial charge in [0.05, 0.1) is 10.5 Å². The first-order valence-electron chi connectivity index (χ1n) is 10.3. The number of benzene rings is 1. The summed E-state index contributed by atoms with van der Waals surface area (Å²) < 4.78 is 27.4. The minimum Gasteiger partial charge on any atom is -0.349 e. The molecule has 0 spiro atoms. The van der Waals surface area contributed by atoms with E-state index in [0.717, 1.165) is 32.1 Å². The Bertz CT molecular complexity index is 1090. The highest BCUT2D eigenvalue weighted by Gasteiger charge is 2.28. The highest BCUT2D eigenvalue weighted by Crippen LogP contribution is 2.27. The number of aromatic nitrogens is 1. The van der Waals surface area contributed by atoms with Gasteiger partial charge in [-0.3, -0.25) is 9.59 Å². The van der Waals surface area contributed by atoms with Crippen LogP contribution in [-0.2, 0) is 10.0 Å². The number of pyridine rings is 1. The maximum absolute atomic E-state index is 13.0. The summed E-state index contributed by atoms with van der Waals surface area (Å²) in [4.78, 5) is 28.0. The van der Waals surface area contributed by atoms with Gasteiger partial charge in [-0.1, -0.05) is 19.8 Å². The Hall–Kier alpha value is -2.19. The van der Waals surface area contributed by atoms with Gasteiger partial charge in [0.25, 0.3) is 5.91 Å². The smallest absolute Gasteiger partial charge is 0.252 e. The lowest BCUT2D eigenvalue weighted by Gasteiger charge is -2.29. The number of nitrogens with zero attached hydrogens (tertiary/aromatic N) is 1. The summed E-state index contributed by atoms with van der Waals surface area (Å²) in [6.07, 6.45) is 5.94. The summed E-state index contributed by atoms with van der Waals surface area (Å²) in [5, 5.41) is 3.52. The second-order valence-corrected chi connectivity index (χ2v) is 10.1. The first-order valence-corrected chi connectivity index (χ1v) is 11.8. The van der Waals surface area contributed by atoms with E-state index in [2.05, 4.69) is 17.2 Å². The van der Waals surface area contributed by atoms with Crippen molar-refractivity contribution < 1.29 is 13.2 Å². The summed E-state index contributed by atoms with van der Waals surface area (Å²) in [5.41, 5.74) is 0.300. The first-order chi connectivity index (χ1) is 13.9. The molecule has 1 amide bonds. The van der Waals surface area contributed by atoms with Crippen LogP contribution >= 0.6 is 0 Å². The predicted molar refractivity (Wildman–Crippen MR) is 111 cm³/mol. The molecule has 2 aliphatic rings. The Morgan fingerprint density at radius 1 is 1.10 bits per heavy atom. The topological polar surface area (TPSA) is 99.3 Å². The number of aromatic amines is 1. The van der Waals surface area contributed by atoms with E-state index < -0.39 is 10.0 Å². The van der Waals surface area contributed by atoms with E-state index in [0.29, 0.717) is 29.9 Å². The maximum atomic E-state index is 13.0. The average Bonchev–Trinajstić information content (AvgIpc) is 3.24. The molecule has 156 valence electrons. The van der Waals surface area contributed by atoms with Gasteiger partial charge in [-0.05, 0) is 49.8 Å². The maximum Gasteiger partial charge on any atom is 0.252 e. The van der Waals surface area contributed by atoms with Crippen LogP contribution in [0, 0.1) is 5.92 Å². The highest BCUT2D eigenvalue weighted by atomic mass is 32.2. The lowest BCUT2D eigenvalue weighted by atomic mass is 9.86. The Labute approximate surface area is 170 Å². The predicted octanol–water partition coefficient (Wildman–Crippen LogP) is 2.62. The van der Waals surface area contributed by atoms with Gasteiger partial charge in [0.1, 0.15) is 0 Å². The second kappa shape index (κ2) is 7.91. The minimum atomic E-state index is -3.61. The molecule has 2 N–H and O–H groups in total. The standard InChI is InChI=1S/C21H27N3O4S/c1-14-6-2-3-7-18(14)23-21(26)17-13-20(25)22-19-9-8-15(12-16(17)19)29(27,28)24-10-4-5-11-24/h8-9,12-14,18H,2-7,10-11H2,1H3,(H,22,25)(H,23,26). The van der Waals surface area contributed by atoms with Crippen LogP contribution in [0.15, 0.2) is 34.0 Å². The van der Waals surface area contributed by atoms with Crippen LogP contribution in [0.25, 0.3) is 10.9 Å². The number of fused-ring (bicyclic) bond motifs is 1. The van der Waals surface area contributed by atoms with Crippen molar-refractivity contribution in [2.75, 3.05) is 13.1 Å². The number of hydrogen-bond donors (Lipinski definition) is 2. The van der Waals surface area contributed by atoms with Crippen molar-refractivity contribution >= 4 is 26.8 Å². The van der Waals surface area contributed by atoms with Crippen molar-refractivity contribution in [2.45, 2.75) is 56.4 Å². The molecule has 2 atom stereocenters. The van der Waals surface area contributed by atoms with Crippen molar-refractivity contribution in [3.63, 3.8) is 0 Å². The van der Waals surface area contributed by atoms with E-state index in [1.807, 2.05) is 0 Å². The van der Waals surface area contributed by atoms with Crippen LogP contribution in [-0.4, -0.2) is 42.7 Å². The molecule has 1 aliphatic heterocycles.